The van der Waals surface area contributed by atoms with Gasteiger partial charge in [0.1, 0.15) is 23.7 Å². The van der Waals surface area contributed by atoms with E-state index in [1.165, 1.54) is 12.4 Å². The molecule has 0 fully saturated rings. The zero-order valence-electron chi connectivity index (χ0n) is 18.0. The van der Waals surface area contributed by atoms with E-state index in [0.29, 0.717) is 30.1 Å². The first-order valence-electron chi connectivity index (χ1n) is 10.6. The van der Waals surface area contributed by atoms with Crippen LogP contribution in [0.2, 0.25) is 0 Å². The number of fused-ring (bicyclic) bond motifs is 2. The lowest BCUT2D eigenvalue weighted by molar-refractivity contribution is 0.0946. The standard InChI is InChI=1S/C24H22FN7O/c1-16-12-22(32-24(30-16)28-15-29-32)26-10-11-27-23(33)21-13-17-6-3-5-9-20(17)31(21)14-18-7-2-4-8-19(18)25/h2-9,12-13,15,26H,10-11,14H2,1H3,(H,27,33). The molecule has 0 unspecified atom stereocenters. The van der Waals surface area contributed by atoms with Crippen LogP contribution in [0.15, 0.2) is 67.0 Å². The highest BCUT2D eigenvalue weighted by atomic mass is 19.1. The molecule has 0 aliphatic carbocycles. The van der Waals surface area contributed by atoms with Crippen molar-refractivity contribution in [2.24, 2.45) is 0 Å². The van der Waals surface area contributed by atoms with E-state index in [0.717, 1.165) is 22.4 Å². The summed E-state index contributed by atoms with van der Waals surface area (Å²) in [5, 5.41) is 11.3. The molecule has 0 bridgehead atoms. The van der Waals surface area contributed by atoms with E-state index in [9.17, 15) is 9.18 Å². The average Bonchev–Trinajstić information content (AvgIpc) is 3.43. The fraction of sp³-hybridized carbons (Fsp3) is 0.167. The molecule has 0 aliphatic rings. The summed E-state index contributed by atoms with van der Waals surface area (Å²) in [6, 6.07) is 18.0. The molecule has 0 saturated heterocycles. The lowest BCUT2D eigenvalue weighted by Gasteiger charge is -2.13. The van der Waals surface area contributed by atoms with E-state index < -0.39 is 0 Å². The van der Waals surface area contributed by atoms with Crippen molar-refractivity contribution in [1.82, 2.24) is 29.5 Å². The van der Waals surface area contributed by atoms with Crippen molar-refractivity contribution in [3.05, 3.63) is 89.8 Å². The van der Waals surface area contributed by atoms with Crippen molar-refractivity contribution in [1.29, 1.82) is 0 Å². The second kappa shape index (κ2) is 8.70. The summed E-state index contributed by atoms with van der Waals surface area (Å²) in [6.45, 7) is 3.02. The average molecular weight is 443 g/mol. The van der Waals surface area contributed by atoms with Crippen molar-refractivity contribution in [2.45, 2.75) is 13.5 Å². The number of hydrogen-bond donors (Lipinski definition) is 2. The fourth-order valence-electron chi connectivity index (χ4n) is 3.88. The highest BCUT2D eigenvalue weighted by Gasteiger charge is 2.16. The number of anilines is 1. The van der Waals surface area contributed by atoms with Crippen molar-refractivity contribution in [2.75, 3.05) is 18.4 Å². The van der Waals surface area contributed by atoms with Gasteiger partial charge in [-0.1, -0.05) is 36.4 Å². The van der Waals surface area contributed by atoms with Crippen LogP contribution in [0.3, 0.4) is 0 Å². The number of hydrogen-bond acceptors (Lipinski definition) is 5. The molecule has 3 aromatic heterocycles. The lowest BCUT2D eigenvalue weighted by Crippen LogP contribution is -2.30. The predicted octanol–water partition coefficient (Wildman–Crippen LogP) is 3.42. The van der Waals surface area contributed by atoms with E-state index in [2.05, 4.69) is 25.7 Å². The Morgan fingerprint density at radius 2 is 1.88 bits per heavy atom. The van der Waals surface area contributed by atoms with E-state index in [-0.39, 0.29) is 18.3 Å². The fourth-order valence-corrected chi connectivity index (χ4v) is 3.88. The molecule has 5 aromatic rings. The Bertz CT molecular complexity index is 1460. The molecule has 0 aliphatic heterocycles. The first-order valence-corrected chi connectivity index (χ1v) is 10.6. The lowest BCUT2D eigenvalue weighted by atomic mass is 10.2. The van der Waals surface area contributed by atoms with E-state index in [1.54, 1.807) is 22.7 Å². The van der Waals surface area contributed by atoms with E-state index in [1.807, 2.05) is 47.9 Å². The Morgan fingerprint density at radius 3 is 2.76 bits per heavy atom. The molecule has 0 spiro atoms. The number of amides is 1. The molecule has 5 rings (SSSR count). The first kappa shape index (κ1) is 20.6. The molecule has 2 aromatic carbocycles. The van der Waals surface area contributed by atoms with Crippen LogP contribution in [0.1, 0.15) is 21.7 Å². The number of halogens is 1. The molecule has 33 heavy (non-hydrogen) atoms. The predicted molar refractivity (Wildman–Crippen MR) is 124 cm³/mol. The van der Waals surface area contributed by atoms with Crippen molar-refractivity contribution in [3.63, 3.8) is 0 Å². The van der Waals surface area contributed by atoms with Gasteiger partial charge in [-0.3, -0.25) is 4.79 Å². The molecule has 2 N–H and O–H groups in total. The van der Waals surface area contributed by atoms with Crippen LogP contribution in [0.5, 0.6) is 0 Å². The van der Waals surface area contributed by atoms with Gasteiger partial charge in [0.25, 0.3) is 11.7 Å². The second-order valence-electron chi connectivity index (χ2n) is 7.70. The van der Waals surface area contributed by atoms with Gasteiger partial charge >= 0.3 is 0 Å². The third-order valence-corrected chi connectivity index (χ3v) is 5.43. The number of rotatable bonds is 7. The summed E-state index contributed by atoms with van der Waals surface area (Å²) in [6.07, 6.45) is 1.45. The highest BCUT2D eigenvalue weighted by molar-refractivity contribution is 5.98. The number of benzene rings is 2. The van der Waals surface area contributed by atoms with Crippen LogP contribution in [0.25, 0.3) is 16.7 Å². The summed E-state index contributed by atoms with van der Waals surface area (Å²) in [5.41, 5.74) is 2.71. The van der Waals surface area contributed by atoms with E-state index >= 15 is 0 Å². The number of para-hydroxylation sites is 1. The first-order chi connectivity index (χ1) is 16.1. The summed E-state index contributed by atoms with van der Waals surface area (Å²) in [7, 11) is 0. The van der Waals surface area contributed by atoms with Gasteiger partial charge in [0, 0.05) is 41.3 Å². The molecule has 1 amide bonds. The largest absolute Gasteiger partial charge is 0.368 e. The second-order valence-corrected chi connectivity index (χ2v) is 7.70. The van der Waals surface area contributed by atoms with Gasteiger partial charge in [-0.15, -0.1) is 0 Å². The Kier molecular flexibility index (Phi) is 5.43. The minimum absolute atomic E-state index is 0.221. The molecule has 9 heteroatoms. The third-order valence-electron chi connectivity index (χ3n) is 5.43. The maximum Gasteiger partial charge on any atom is 0.268 e. The molecule has 0 saturated carbocycles. The molecule has 3 heterocycles. The van der Waals surface area contributed by atoms with Crippen molar-refractivity contribution >= 4 is 28.4 Å². The normalized spacial score (nSPS) is 11.2. The van der Waals surface area contributed by atoms with Gasteiger partial charge in [-0.2, -0.15) is 14.6 Å². The van der Waals surface area contributed by atoms with Crippen molar-refractivity contribution < 1.29 is 9.18 Å². The van der Waals surface area contributed by atoms with Crippen LogP contribution < -0.4 is 10.6 Å². The molecule has 8 nitrogen and oxygen atoms in total. The molecule has 166 valence electrons. The van der Waals surface area contributed by atoms with Crippen LogP contribution in [-0.4, -0.2) is 43.1 Å². The maximum absolute atomic E-state index is 14.3. The third kappa shape index (κ3) is 4.12. The van der Waals surface area contributed by atoms with E-state index in [4.69, 9.17) is 0 Å². The molecule has 0 atom stereocenters. The minimum Gasteiger partial charge on any atom is -0.368 e. The Balaban J connectivity index is 1.32. The van der Waals surface area contributed by atoms with Crippen molar-refractivity contribution in [3.8, 4) is 0 Å². The minimum atomic E-state index is -0.294. The van der Waals surface area contributed by atoms with Gasteiger partial charge < -0.3 is 15.2 Å². The summed E-state index contributed by atoms with van der Waals surface area (Å²) < 4.78 is 17.8. The highest BCUT2D eigenvalue weighted by Crippen LogP contribution is 2.22. The van der Waals surface area contributed by atoms with Gasteiger partial charge in [0.05, 0.1) is 6.54 Å². The zero-order valence-corrected chi connectivity index (χ0v) is 18.0. The summed E-state index contributed by atoms with van der Waals surface area (Å²) in [5.74, 6) is 0.746. The van der Waals surface area contributed by atoms with Gasteiger partial charge in [0.15, 0.2) is 0 Å². The number of nitrogens with zero attached hydrogens (tertiary/aromatic N) is 5. The van der Waals surface area contributed by atoms with Crippen LogP contribution >= 0.6 is 0 Å². The van der Waals surface area contributed by atoms with Gasteiger partial charge in [0.2, 0.25) is 0 Å². The Morgan fingerprint density at radius 1 is 1.06 bits per heavy atom. The number of carbonyl (C=O) groups is 1. The molecule has 0 radical (unpaired) electrons. The number of carbonyl (C=O) groups excluding carboxylic acids is 1. The topological polar surface area (TPSA) is 89.1 Å². The molecular formula is C24H22FN7O. The SMILES string of the molecule is Cc1cc(NCCNC(=O)c2cc3ccccc3n2Cc2ccccc2F)n2ncnc2n1. The maximum atomic E-state index is 14.3. The van der Waals surface area contributed by atoms with Crippen LogP contribution in [-0.2, 0) is 6.54 Å². The monoisotopic (exact) mass is 443 g/mol. The van der Waals surface area contributed by atoms with Gasteiger partial charge in [-0.25, -0.2) is 9.37 Å². The quantitative estimate of drug-likeness (QED) is 0.376. The number of aryl methyl sites for hydroxylation is 1. The Hall–Kier alpha value is -4.27. The zero-order chi connectivity index (χ0) is 22.8. The summed E-state index contributed by atoms with van der Waals surface area (Å²) >= 11 is 0. The number of nitrogens with one attached hydrogen (secondary N) is 2. The molecular weight excluding hydrogens is 421 g/mol. The Labute approximate surface area is 189 Å². The van der Waals surface area contributed by atoms with Crippen LogP contribution in [0, 0.1) is 12.7 Å². The van der Waals surface area contributed by atoms with Gasteiger partial charge in [-0.05, 0) is 25.1 Å². The summed E-state index contributed by atoms with van der Waals surface area (Å²) in [4.78, 5) is 21.5. The van der Waals surface area contributed by atoms with Crippen LogP contribution in [0.4, 0.5) is 10.2 Å². The smallest absolute Gasteiger partial charge is 0.268 e. The number of aromatic nitrogens is 5.